The summed E-state index contributed by atoms with van der Waals surface area (Å²) in [6.45, 7) is 5.68. The van der Waals surface area contributed by atoms with Crippen molar-refractivity contribution in [3.05, 3.63) is 65.2 Å². The van der Waals surface area contributed by atoms with E-state index in [0.29, 0.717) is 0 Å². The molecule has 6 nitrogen and oxygen atoms in total. The number of aryl methyl sites for hydroxylation is 2. The standard InChI is InChI=1S/C23H26N2O4/c1-15-9-10-16(2)20(11-15)25-13-19(12-22(25)27)23(28)29-14-21(26)24-17(3)18-7-5-4-6-8-18/h4-11,17,19H,12-14H2,1-3H3,(H,24,26)/t17-,19+/m1/s1. The molecule has 2 aromatic carbocycles. The van der Waals surface area contributed by atoms with Crippen LogP contribution in [0.15, 0.2) is 48.5 Å². The Hall–Kier alpha value is -3.15. The number of nitrogens with one attached hydrogen (secondary N) is 1. The maximum Gasteiger partial charge on any atom is 0.311 e. The van der Waals surface area contributed by atoms with E-state index >= 15 is 0 Å². The monoisotopic (exact) mass is 394 g/mol. The van der Waals surface area contributed by atoms with Crippen molar-refractivity contribution in [2.24, 2.45) is 5.92 Å². The van der Waals surface area contributed by atoms with Gasteiger partial charge in [-0.1, -0.05) is 42.5 Å². The fourth-order valence-electron chi connectivity index (χ4n) is 3.47. The Morgan fingerprint density at radius 2 is 1.90 bits per heavy atom. The van der Waals surface area contributed by atoms with Crippen molar-refractivity contribution in [3.63, 3.8) is 0 Å². The minimum Gasteiger partial charge on any atom is -0.455 e. The van der Waals surface area contributed by atoms with E-state index in [1.807, 2.05) is 69.3 Å². The van der Waals surface area contributed by atoms with Gasteiger partial charge in [0.1, 0.15) is 0 Å². The van der Waals surface area contributed by atoms with Crippen LogP contribution in [0.1, 0.15) is 36.1 Å². The zero-order chi connectivity index (χ0) is 21.0. The number of carbonyl (C=O) groups is 3. The van der Waals surface area contributed by atoms with Crippen LogP contribution in [0.25, 0.3) is 0 Å². The Kier molecular flexibility index (Phi) is 6.32. The third kappa shape index (κ3) is 5.02. The lowest BCUT2D eigenvalue weighted by Crippen LogP contribution is -2.33. The number of anilines is 1. The SMILES string of the molecule is Cc1ccc(C)c(N2C[C@@H](C(=O)OCC(=O)N[C@H](C)c3ccccc3)CC2=O)c1. The van der Waals surface area contributed by atoms with Gasteiger partial charge in [0.15, 0.2) is 6.61 Å². The number of rotatable bonds is 6. The molecule has 1 saturated heterocycles. The van der Waals surface area contributed by atoms with E-state index in [-0.39, 0.29) is 37.4 Å². The number of ether oxygens (including phenoxy) is 1. The van der Waals surface area contributed by atoms with Gasteiger partial charge >= 0.3 is 5.97 Å². The second-order valence-corrected chi connectivity index (χ2v) is 7.50. The van der Waals surface area contributed by atoms with Crippen molar-refractivity contribution < 1.29 is 19.1 Å². The van der Waals surface area contributed by atoms with Gasteiger partial charge < -0.3 is 15.0 Å². The van der Waals surface area contributed by atoms with Crippen LogP contribution in [0.3, 0.4) is 0 Å². The zero-order valence-electron chi connectivity index (χ0n) is 17.0. The molecule has 0 saturated carbocycles. The van der Waals surface area contributed by atoms with E-state index in [4.69, 9.17) is 4.74 Å². The summed E-state index contributed by atoms with van der Waals surface area (Å²) >= 11 is 0. The molecule has 152 valence electrons. The lowest BCUT2D eigenvalue weighted by atomic mass is 10.1. The van der Waals surface area contributed by atoms with Gasteiger partial charge in [-0.2, -0.15) is 0 Å². The van der Waals surface area contributed by atoms with Crippen LogP contribution in [0.5, 0.6) is 0 Å². The number of benzene rings is 2. The highest BCUT2D eigenvalue weighted by atomic mass is 16.5. The van der Waals surface area contributed by atoms with E-state index in [9.17, 15) is 14.4 Å². The molecule has 2 amide bonds. The summed E-state index contributed by atoms with van der Waals surface area (Å²) in [6, 6.07) is 15.3. The normalized spacial score (nSPS) is 17.1. The highest BCUT2D eigenvalue weighted by Crippen LogP contribution is 2.29. The first-order valence-electron chi connectivity index (χ1n) is 9.73. The second kappa shape index (κ2) is 8.90. The highest BCUT2D eigenvalue weighted by Gasteiger charge is 2.37. The van der Waals surface area contributed by atoms with Crippen molar-refractivity contribution in [1.82, 2.24) is 5.32 Å². The average molecular weight is 394 g/mol. The van der Waals surface area contributed by atoms with Crippen LogP contribution in [0.2, 0.25) is 0 Å². The Morgan fingerprint density at radius 1 is 1.17 bits per heavy atom. The predicted octanol–water partition coefficient (Wildman–Crippen LogP) is 3.08. The van der Waals surface area contributed by atoms with Gasteiger partial charge in [-0.05, 0) is 43.5 Å². The van der Waals surface area contributed by atoms with Gasteiger partial charge in [-0.3, -0.25) is 14.4 Å². The van der Waals surface area contributed by atoms with Crippen LogP contribution in [0.4, 0.5) is 5.69 Å². The lowest BCUT2D eigenvalue weighted by molar-refractivity contribution is -0.152. The maximum atomic E-state index is 12.4. The number of amides is 2. The largest absolute Gasteiger partial charge is 0.455 e. The molecular formula is C23H26N2O4. The molecule has 1 aliphatic rings. The molecule has 0 unspecified atom stereocenters. The molecule has 6 heteroatoms. The number of esters is 1. The topological polar surface area (TPSA) is 75.7 Å². The first-order valence-corrected chi connectivity index (χ1v) is 9.73. The Bertz CT molecular complexity index is 910. The minimum atomic E-state index is -0.568. The van der Waals surface area contributed by atoms with Gasteiger partial charge in [-0.25, -0.2) is 0 Å². The number of nitrogens with zero attached hydrogens (tertiary/aromatic N) is 1. The quantitative estimate of drug-likeness (QED) is 0.764. The molecule has 0 aromatic heterocycles. The van der Waals surface area contributed by atoms with E-state index in [1.54, 1.807) is 4.90 Å². The molecule has 0 radical (unpaired) electrons. The fraction of sp³-hybridized carbons (Fsp3) is 0.348. The van der Waals surface area contributed by atoms with Crippen LogP contribution in [0, 0.1) is 19.8 Å². The van der Waals surface area contributed by atoms with E-state index in [2.05, 4.69) is 5.32 Å². The molecular weight excluding hydrogens is 368 g/mol. The number of hydrogen-bond acceptors (Lipinski definition) is 4. The zero-order valence-corrected chi connectivity index (χ0v) is 17.0. The Labute approximate surface area is 170 Å². The van der Waals surface area contributed by atoms with Crippen molar-refractivity contribution in [2.75, 3.05) is 18.1 Å². The molecule has 0 bridgehead atoms. The van der Waals surface area contributed by atoms with Gasteiger partial charge in [0.05, 0.1) is 12.0 Å². The number of carbonyl (C=O) groups excluding carboxylic acids is 3. The average Bonchev–Trinajstić information content (AvgIpc) is 3.10. The smallest absolute Gasteiger partial charge is 0.311 e. The van der Waals surface area contributed by atoms with Crippen LogP contribution in [-0.2, 0) is 19.1 Å². The second-order valence-electron chi connectivity index (χ2n) is 7.50. The van der Waals surface area contributed by atoms with Gasteiger partial charge in [0.2, 0.25) is 5.91 Å². The predicted molar refractivity (Wildman–Crippen MR) is 110 cm³/mol. The molecule has 3 rings (SSSR count). The van der Waals surface area contributed by atoms with Crippen molar-refractivity contribution in [2.45, 2.75) is 33.2 Å². The number of hydrogen-bond donors (Lipinski definition) is 1. The minimum absolute atomic E-state index is 0.0915. The summed E-state index contributed by atoms with van der Waals surface area (Å²) in [5, 5.41) is 2.81. The van der Waals surface area contributed by atoms with Crippen molar-refractivity contribution >= 4 is 23.5 Å². The van der Waals surface area contributed by atoms with Gasteiger partial charge in [0.25, 0.3) is 5.91 Å². The van der Waals surface area contributed by atoms with Crippen molar-refractivity contribution in [1.29, 1.82) is 0 Å². The summed E-state index contributed by atoms with van der Waals surface area (Å²) in [5.74, 6) is -1.57. The van der Waals surface area contributed by atoms with Crippen LogP contribution >= 0.6 is 0 Å². The molecule has 1 aliphatic heterocycles. The molecule has 1 fully saturated rings. The highest BCUT2D eigenvalue weighted by molar-refractivity contribution is 6.00. The first kappa shape index (κ1) is 20.6. The summed E-state index contributed by atoms with van der Waals surface area (Å²) in [4.78, 5) is 38.6. The summed E-state index contributed by atoms with van der Waals surface area (Å²) in [7, 11) is 0. The molecule has 1 N–H and O–H groups in total. The van der Waals surface area contributed by atoms with Crippen LogP contribution in [-0.4, -0.2) is 30.9 Å². The summed E-state index contributed by atoms with van der Waals surface area (Å²) in [6.07, 6.45) is 0.0915. The molecule has 0 spiro atoms. The van der Waals surface area contributed by atoms with E-state index < -0.39 is 11.9 Å². The molecule has 2 aromatic rings. The molecule has 1 heterocycles. The Morgan fingerprint density at radius 3 is 2.62 bits per heavy atom. The van der Waals surface area contributed by atoms with Gasteiger partial charge in [-0.15, -0.1) is 0 Å². The summed E-state index contributed by atoms with van der Waals surface area (Å²) < 4.78 is 5.18. The third-order valence-electron chi connectivity index (χ3n) is 5.14. The van der Waals surface area contributed by atoms with E-state index in [0.717, 1.165) is 22.4 Å². The van der Waals surface area contributed by atoms with Crippen molar-refractivity contribution in [3.8, 4) is 0 Å². The van der Waals surface area contributed by atoms with Crippen LogP contribution < -0.4 is 10.2 Å². The third-order valence-corrected chi connectivity index (χ3v) is 5.14. The fourth-order valence-corrected chi connectivity index (χ4v) is 3.47. The molecule has 0 aliphatic carbocycles. The molecule has 2 atom stereocenters. The summed E-state index contributed by atoms with van der Waals surface area (Å²) in [5.41, 5.74) is 3.82. The van der Waals surface area contributed by atoms with E-state index in [1.165, 1.54) is 0 Å². The Balaban J connectivity index is 1.53. The van der Waals surface area contributed by atoms with Gasteiger partial charge in [0, 0.05) is 18.7 Å². The maximum absolute atomic E-state index is 12.4. The molecule has 29 heavy (non-hydrogen) atoms. The lowest BCUT2D eigenvalue weighted by Gasteiger charge is -2.19. The first-order chi connectivity index (χ1) is 13.8.